The Balaban J connectivity index is 1.63. The monoisotopic (exact) mass is 370 g/mol. The summed E-state index contributed by atoms with van der Waals surface area (Å²) in [6.07, 6.45) is 1.20. The second kappa shape index (κ2) is 8.82. The molecule has 0 aliphatic heterocycles. The van der Waals surface area contributed by atoms with Crippen LogP contribution in [-0.2, 0) is 4.79 Å². The van der Waals surface area contributed by atoms with Gasteiger partial charge in [0.15, 0.2) is 0 Å². The predicted molar refractivity (Wildman–Crippen MR) is 113 cm³/mol. The molecule has 0 aliphatic carbocycles. The number of hydrogen-bond acceptors (Lipinski definition) is 2. The minimum atomic E-state index is -0.287. The fraction of sp³-hybridized carbons (Fsp3) is 0.0833. The molecule has 4 nitrogen and oxygen atoms in total. The molecular formula is C24H22N2O2. The molecule has 3 rings (SSSR count). The van der Waals surface area contributed by atoms with Gasteiger partial charge >= 0.3 is 0 Å². The summed E-state index contributed by atoms with van der Waals surface area (Å²) in [5, 5.41) is 5.66. The van der Waals surface area contributed by atoms with Crippen molar-refractivity contribution in [3.63, 3.8) is 0 Å². The predicted octanol–water partition coefficient (Wildman–Crippen LogP) is 4.97. The Morgan fingerprint density at radius 3 is 2.07 bits per heavy atom. The number of anilines is 1. The zero-order valence-electron chi connectivity index (χ0n) is 15.7. The molecule has 3 aromatic rings. The number of nitrogens with one attached hydrogen (secondary N) is 2. The fourth-order valence-electron chi connectivity index (χ4n) is 2.86. The number of hydrogen-bond donors (Lipinski definition) is 2. The minimum absolute atomic E-state index is 0.127. The van der Waals surface area contributed by atoms with Crippen molar-refractivity contribution in [1.82, 2.24) is 5.32 Å². The van der Waals surface area contributed by atoms with Gasteiger partial charge in [-0.1, -0.05) is 61.2 Å². The second-order valence-electron chi connectivity index (χ2n) is 6.45. The molecule has 0 saturated carbocycles. The van der Waals surface area contributed by atoms with Crippen LogP contribution in [0.5, 0.6) is 0 Å². The quantitative estimate of drug-likeness (QED) is 0.602. The lowest BCUT2D eigenvalue weighted by Crippen LogP contribution is -2.26. The highest BCUT2D eigenvalue weighted by Crippen LogP contribution is 2.22. The number of rotatable bonds is 6. The molecule has 2 N–H and O–H groups in total. The summed E-state index contributed by atoms with van der Waals surface area (Å²) in [6, 6.07) is 25.0. The summed E-state index contributed by atoms with van der Waals surface area (Å²) in [7, 11) is 0. The van der Waals surface area contributed by atoms with E-state index in [9.17, 15) is 9.59 Å². The molecule has 140 valence electrons. The summed E-state index contributed by atoms with van der Waals surface area (Å²) >= 11 is 0. The van der Waals surface area contributed by atoms with Crippen LogP contribution in [0.4, 0.5) is 5.69 Å². The summed E-state index contributed by atoms with van der Waals surface area (Å²) in [6.45, 7) is 5.36. The Labute approximate surface area is 164 Å². The molecular weight excluding hydrogens is 348 g/mol. The molecule has 0 bridgehead atoms. The van der Waals surface area contributed by atoms with E-state index in [0.29, 0.717) is 11.3 Å². The van der Waals surface area contributed by atoms with Gasteiger partial charge in [-0.2, -0.15) is 0 Å². The molecule has 0 heterocycles. The van der Waals surface area contributed by atoms with Gasteiger partial charge in [0.1, 0.15) is 0 Å². The third-order valence-electron chi connectivity index (χ3n) is 4.47. The maximum Gasteiger partial charge on any atom is 0.251 e. The van der Waals surface area contributed by atoms with Gasteiger partial charge < -0.3 is 10.6 Å². The second-order valence-corrected chi connectivity index (χ2v) is 6.45. The summed E-state index contributed by atoms with van der Waals surface area (Å²) in [5.41, 5.74) is 4.48. The van der Waals surface area contributed by atoms with Gasteiger partial charge in [-0.3, -0.25) is 9.59 Å². The Bertz CT molecular complexity index is 962. The van der Waals surface area contributed by atoms with Crippen molar-refractivity contribution in [3.05, 3.63) is 103 Å². The van der Waals surface area contributed by atoms with Gasteiger partial charge in [-0.15, -0.1) is 0 Å². The van der Waals surface area contributed by atoms with Crippen LogP contribution in [-0.4, -0.2) is 11.8 Å². The first-order valence-electron chi connectivity index (χ1n) is 9.06. The Hall–Kier alpha value is -3.66. The Morgan fingerprint density at radius 2 is 1.46 bits per heavy atom. The normalized spacial score (nSPS) is 11.3. The number of amides is 2. The van der Waals surface area contributed by atoms with Crippen molar-refractivity contribution in [2.45, 2.75) is 13.0 Å². The van der Waals surface area contributed by atoms with Gasteiger partial charge in [-0.25, -0.2) is 0 Å². The molecule has 0 aromatic heterocycles. The van der Waals surface area contributed by atoms with Crippen molar-refractivity contribution >= 4 is 17.5 Å². The Kier molecular flexibility index (Phi) is 6.02. The lowest BCUT2D eigenvalue weighted by molar-refractivity contribution is -0.111. The van der Waals surface area contributed by atoms with E-state index in [-0.39, 0.29) is 17.9 Å². The highest BCUT2D eigenvalue weighted by atomic mass is 16.2. The van der Waals surface area contributed by atoms with E-state index in [4.69, 9.17) is 0 Å². The van der Waals surface area contributed by atoms with Crippen molar-refractivity contribution in [3.8, 4) is 11.1 Å². The fourth-order valence-corrected chi connectivity index (χ4v) is 2.86. The summed E-state index contributed by atoms with van der Waals surface area (Å²) in [5.74, 6) is -0.453. The van der Waals surface area contributed by atoms with Crippen LogP contribution < -0.4 is 10.6 Å². The van der Waals surface area contributed by atoms with E-state index in [0.717, 1.165) is 16.7 Å². The molecule has 2 amide bonds. The SMILES string of the molecule is C=CC(=O)Nc1ccc(C(=O)NC(C)c2ccc(-c3ccccc3)cc2)cc1. The van der Waals surface area contributed by atoms with Gasteiger partial charge in [0.25, 0.3) is 5.91 Å². The number of carbonyl (C=O) groups is 2. The molecule has 4 heteroatoms. The summed E-state index contributed by atoms with van der Waals surface area (Å²) in [4.78, 5) is 23.8. The lowest BCUT2D eigenvalue weighted by atomic mass is 10.0. The van der Waals surface area contributed by atoms with E-state index >= 15 is 0 Å². The van der Waals surface area contributed by atoms with E-state index < -0.39 is 0 Å². The summed E-state index contributed by atoms with van der Waals surface area (Å²) < 4.78 is 0. The zero-order valence-corrected chi connectivity index (χ0v) is 15.7. The molecule has 1 atom stereocenters. The van der Waals surface area contributed by atoms with E-state index in [1.807, 2.05) is 37.3 Å². The highest BCUT2D eigenvalue weighted by molar-refractivity contribution is 5.99. The van der Waals surface area contributed by atoms with Crippen molar-refractivity contribution in [1.29, 1.82) is 0 Å². The maximum atomic E-state index is 12.5. The largest absolute Gasteiger partial charge is 0.346 e. The van der Waals surface area contributed by atoms with Crippen LogP contribution in [0.1, 0.15) is 28.9 Å². The third kappa shape index (κ3) is 4.74. The molecule has 0 saturated heterocycles. The average Bonchev–Trinajstić information content (AvgIpc) is 2.74. The van der Waals surface area contributed by atoms with Crippen LogP contribution in [0.2, 0.25) is 0 Å². The first kappa shape index (κ1) is 19.1. The topological polar surface area (TPSA) is 58.2 Å². The van der Waals surface area contributed by atoms with Gasteiger partial charge in [-0.05, 0) is 54.0 Å². The molecule has 1 unspecified atom stereocenters. The van der Waals surface area contributed by atoms with Crippen molar-refractivity contribution in [2.24, 2.45) is 0 Å². The molecule has 0 aliphatic rings. The van der Waals surface area contributed by atoms with Crippen LogP contribution in [0, 0.1) is 0 Å². The molecule has 3 aromatic carbocycles. The third-order valence-corrected chi connectivity index (χ3v) is 4.47. The van der Waals surface area contributed by atoms with Crippen molar-refractivity contribution in [2.75, 3.05) is 5.32 Å². The smallest absolute Gasteiger partial charge is 0.251 e. The van der Waals surface area contributed by atoms with E-state index in [1.165, 1.54) is 6.08 Å². The average molecular weight is 370 g/mol. The van der Waals surface area contributed by atoms with Crippen LogP contribution >= 0.6 is 0 Å². The van der Waals surface area contributed by atoms with E-state index in [1.54, 1.807) is 24.3 Å². The minimum Gasteiger partial charge on any atom is -0.346 e. The lowest BCUT2D eigenvalue weighted by Gasteiger charge is -2.15. The zero-order chi connectivity index (χ0) is 19.9. The standard InChI is InChI=1S/C24H22N2O2/c1-3-23(27)26-22-15-13-21(14-16-22)24(28)25-17(2)18-9-11-20(12-10-18)19-7-5-4-6-8-19/h3-17H,1H2,2H3,(H,25,28)(H,26,27). The van der Waals surface area contributed by atoms with Gasteiger partial charge in [0.2, 0.25) is 5.91 Å². The van der Waals surface area contributed by atoms with Crippen molar-refractivity contribution < 1.29 is 9.59 Å². The molecule has 28 heavy (non-hydrogen) atoms. The number of carbonyl (C=O) groups excluding carboxylic acids is 2. The maximum absolute atomic E-state index is 12.5. The van der Waals surface area contributed by atoms with Gasteiger partial charge in [0, 0.05) is 11.3 Å². The van der Waals surface area contributed by atoms with Crippen LogP contribution in [0.3, 0.4) is 0 Å². The molecule has 0 fully saturated rings. The first-order chi connectivity index (χ1) is 13.6. The van der Waals surface area contributed by atoms with E-state index in [2.05, 4.69) is 41.5 Å². The molecule has 0 spiro atoms. The van der Waals surface area contributed by atoms with Crippen LogP contribution in [0.25, 0.3) is 11.1 Å². The van der Waals surface area contributed by atoms with Crippen LogP contribution in [0.15, 0.2) is 91.5 Å². The molecule has 0 radical (unpaired) electrons. The first-order valence-corrected chi connectivity index (χ1v) is 9.06. The van der Waals surface area contributed by atoms with Gasteiger partial charge in [0.05, 0.1) is 6.04 Å². The number of benzene rings is 3. The highest BCUT2D eigenvalue weighted by Gasteiger charge is 2.12. The Morgan fingerprint density at radius 1 is 0.857 bits per heavy atom.